The summed E-state index contributed by atoms with van der Waals surface area (Å²) >= 11 is 5.12. The fourth-order valence-corrected chi connectivity index (χ4v) is 3.36. The van der Waals surface area contributed by atoms with E-state index in [-0.39, 0.29) is 0 Å². The monoisotopic (exact) mass is 403 g/mol. The van der Waals surface area contributed by atoms with E-state index in [0.29, 0.717) is 23.8 Å². The third-order valence-corrected chi connectivity index (χ3v) is 5.02. The van der Waals surface area contributed by atoms with Crippen molar-refractivity contribution in [2.45, 2.75) is 6.54 Å². The molecule has 0 aliphatic carbocycles. The molecular weight excluding hydrogens is 382 g/mol. The number of H-pyrrole nitrogens is 1. The molecule has 5 N–H and O–H groups in total. The van der Waals surface area contributed by atoms with Gasteiger partial charge < -0.3 is 25.8 Å². The number of rotatable bonds is 7. The Kier molecular flexibility index (Phi) is 5.05. The molecule has 29 heavy (non-hydrogen) atoms. The number of nitrogens with zero attached hydrogens (tertiary/aromatic N) is 2. The topological polar surface area (TPSA) is 94.9 Å². The molecule has 4 aromatic rings. The molecule has 0 saturated heterocycles. The van der Waals surface area contributed by atoms with Crippen LogP contribution < -0.4 is 16.2 Å². The fraction of sp³-hybridized carbons (Fsp3) is 0.0909. The second kappa shape index (κ2) is 7.81. The van der Waals surface area contributed by atoms with Crippen molar-refractivity contribution in [2.24, 2.45) is 11.5 Å². The van der Waals surface area contributed by atoms with E-state index in [4.69, 9.17) is 28.4 Å². The van der Waals surface area contributed by atoms with Gasteiger partial charge in [0.15, 0.2) is 0 Å². The summed E-state index contributed by atoms with van der Waals surface area (Å²) in [6.45, 7) is 4.89. The van der Waals surface area contributed by atoms with Gasteiger partial charge in [-0.2, -0.15) is 0 Å². The summed E-state index contributed by atoms with van der Waals surface area (Å²) in [4.78, 5) is 7.99. The Morgan fingerprint density at radius 3 is 2.62 bits per heavy atom. The predicted octanol–water partition coefficient (Wildman–Crippen LogP) is 3.67. The maximum atomic E-state index is 5.86. The van der Waals surface area contributed by atoms with Gasteiger partial charge >= 0.3 is 0 Å². The zero-order valence-corrected chi connectivity index (χ0v) is 16.6. The lowest BCUT2D eigenvalue weighted by molar-refractivity contribution is 0.299. The van der Waals surface area contributed by atoms with Gasteiger partial charge in [0.05, 0.1) is 24.8 Å². The third kappa shape index (κ3) is 3.86. The Bertz CT molecular complexity index is 1190. The Balaban J connectivity index is 1.52. The molecule has 2 aromatic heterocycles. The molecule has 146 valence electrons. The predicted molar refractivity (Wildman–Crippen MR) is 121 cm³/mol. The number of nitrogens with two attached hydrogens (primary N) is 2. The van der Waals surface area contributed by atoms with Crippen LogP contribution in [0.5, 0.6) is 5.75 Å². The second-order valence-electron chi connectivity index (χ2n) is 6.70. The van der Waals surface area contributed by atoms with Crippen LogP contribution in [-0.4, -0.2) is 26.1 Å². The lowest BCUT2D eigenvalue weighted by atomic mass is 10.1. The molecule has 2 heterocycles. The van der Waals surface area contributed by atoms with Gasteiger partial charge in [0.25, 0.3) is 0 Å². The maximum Gasteiger partial charge on any atom is 0.119 e. The molecule has 0 spiro atoms. The molecule has 0 fully saturated rings. The number of hydrogen-bond donors (Lipinski definition) is 3. The van der Waals surface area contributed by atoms with Crippen LogP contribution in [0.1, 0.15) is 11.1 Å². The zero-order valence-electron chi connectivity index (χ0n) is 15.8. The second-order valence-corrected chi connectivity index (χ2v) is 7.14. The molecule has 0 radical (unpaired) electrons. The van der Waals surface area contributed by atoms with E-state index in [2.05, 4.69) is 21.1 Å². The molecule has 6 nitrogen and oxygen atoms in total. The van der Waals surface area contributed by atoms with E-state index >= 15 is 0 Å². The van der Waals surface area contributed by atoms with Gasteiger partial charge in [-0.3, -0.25) is 0 Å². The SMILES string of the molecule is C=C(N)c1ccc(OCCn2cncc2-c2c[nH]c3ccc(C(N)=S)cc23)cc1. The van der Waals surface area contributed by atoms with Crippen molar-refractivity contribution in [3.8, 4) is 17.0 Å². The molecule has 0 aliphatic heterocycles. The number of imidazole rings is 1. The van der Waals surface area contributed by atoms with E-state index in [1.807, 2.05) is 54.9 Å². The number of fused-ring (bicyclic) bond motifs is 1. The van der Waals surface area contributed by atoms with Gasteiger partial charge in [0, 0.05) is 33.9 Å². The first-order valence-electron chi connectivity index (χ1n) is 9.12. The highest BCUT2D eigenvalue weighted by molar-refractivity contribution is 7.80. The van der Waals surface area contributed by atoms with Crippen LogP contribution in [0.25, 0.3) is 27.9 Å². The van der Waals surface area contributed by atoms with E-state index in [0.717, 1.165) is 39.0 Å². The largest absolute Gasteiger partial charge is 0.492 e. The highest BCUT2D eigenvalue weighted by Gasteiger charge is 2.12. The summed E-state index contributed by atoms with van der Waals surface area (Å²) in [7, 11) is 0. The Morgan fingerprint density at radius 2 is 1.90 bits per heavy atom. The zero-order chi connectivity index (χ0) is 20.4. The fourth-order valence-electron chi connectivity index (χ4n) is 3.24. The Morgan fingerprint density at radius 1 is 1.14 bits per heavy atom. The van der Waals surface area contributed by atoms with Crippen LogP contribution in [0.2, 0.25) is 0 Å². The van der Waals surface area contributed by atoms with E-state index in [1.54, 1.807) is 6.33 Å². The quantitative estimate of drug-likeness (QED) is 0.409. The van der Waals surface area contributed by atoms with Crippen LogP contribution in [0.4, 0.5) is 0 Å². The lowest BCUT2D eigenvalue weighted by Crippen LogP contribution is -2.09. The van der Waals surface area contributed by atoms with Crippen LogP contribution >= 0.6 is 12.2 Å². The number of aromatic nitrogens is 3. The van der Waals surface area contributed by atoms with Crippen molar-refractivity contribution in [1.82, 2.24) is 14.5 Å². The molecule has 0 unspecified atom stereocenters. The summed E-state index contributed by atoms with van der Waals surface area (Å²) in [6, 6.07) is 13.5. The van der Waals surface area contributed by atoms with Crippen molar-refractivity contribution in [3.63, 3.8) is 0 Å². The minimum absolute atomic E-state index is 0.380. The first-order chi connectivity index (χ1) is 14.0. The third-order valence-electron chi connectivity index (χ3n) is 4.78. The van der Waals surface area contributed by atoms with Crippen molar-refractivity contribution >= 4 is 33.8 Å². The first kappa shape index (κ1) is 18.8. The summed E-state index contributed by atoms with van der Waals surface area (Å²) in [5.74, 6) is 0.782. The van der Waals surface area contributed by atoms with Crippen LogP contribution in [-0.2, 0) is 6.54 Å². The lowest BCUT2D eigenvalue weighted by Gasteiger charge is -2.10. The van der Waals surface area contributed by atoms with Crippen molar-refractivity contribution in [2.75, 3.05) is 6.61 Å². The van der Waals surface area contributed by atoms with E-state index in [9.17, 15) is 0 Å². The normalized spacial score (nSPS) is 10.9. The standard InChI is InChI=1S/C22H21N5OS/c1-14(23)15-2-5-17(6-3-15)28-9-8-27-13-25-12-21(27)19-11-26-20-7-4-16(22(24)29)10-18(19)20/h2-7,10-13,26H,1,8-9,23H2,(H2,24,29). The summed E-state index contributed by atoms with van der Waals surface area (Å²) in [6.07, 6.45) is 5.62. The minimum Gasteiger partial charge on any atom is -0.492 e. The molecule has 4 rings (SSSR count). The average molecular weight is 404 g/mol. The Labute approximate surface area is 173 Å². The summed E-state index contributed by atoms with van der Waals surface area (Å²) in [5, 5.41) is 1.05. The van der Waals surface area contributed by atoms with Crippen molar-refractivity contribution in [3.05, 3.63) is 78.9 Å². The Hall–Kier alpha value is -3.58. The molecule has 0 bridgehead atoms. The number of ether oxygens (including phenoxy) is 1. The molecule has 2 aromatic carbocycles. The molecule has 7 heteroatoms. The van der Waals surface area contributed by atoms with E-state index < -0.39 is 0 Å². The maximum absolute atomic E-state index is 5.86. The molecule has 0 aliphatic rings. The van der Waals surface area contributed by atoms with Crippen molar-refractivity contribution in [1.29, 1.82) is 0 Å². The smallest absolute Gasteiger partial charge is 0.119 e. The van der Waals surface area contributed by atoms with Gasteiger partial charge in [-0.05, 0) is 48.0 Å². The number of nitrogens with one attached hydrogen (secondary N) is 1. The van der Waals surface area contributed by atoms with Gasteiger partial charge in [-0.1, -0.05) is 18.8 Å². The molecule has 0 atom stereocenters. The van der Waals surface area contributed by atoms with Gasteiger partial charge in [0.2, 0.25) is 0 Å². The van der Waals surface area contributed by atoms with E-state index in [1.165, 1.54) is 0 Å². The average Bonchev–Trinajstić information content (AvgIpc) is 3.34. The highest BCUT2D eigenvalue weighted by Crippen LogP contribution is 2.29. The molecule has 0 amide bonds. The number of benzene rings is 2. The molecular formula is C22H21N5OS. The minimum atomic E-state index is 0.380. The van der Waals surface area contributed by atoms with Gasteiger partial charge in [-0.25, -0.2) is 4.98 Å². The summed E-state index contributed by atoms with van der Waals surface area (Å²) in [5.41, 5.74) is 16.8. The molecule has 0 saturated carbocycles. The van der Waals surface area contributed by atoms with Gasteiger partial charge in [0.1, 0.15) is 17.3 Å². The van der Waals surface area contributed by atoms with Crippen LogP contribution in [0, 0.1) is 0 Å². The highest BCUT2D eigenvalue weighted by atomic mass is 32.1. The van der Waals surface area contributed by atoms with Gasteiger partial charge in [-0.15, -0.1) is 0 Å². The number of thiocarbonyl (C=S) groups is 1. The first-order valence-corrected chi connectivity index (χ1v) is 9.53. The van der Waals surface area contributed by atoms with Crippen LogP contribution in [0.15, 0.2) is 67.8 Å². The number of hydrogen-bond acceptors (Lipinski definition) is 4. The van der Waals surface area contributed by atoms with Crippen LogP contribution in [0.3, 0.4) is 0 Å². The number of aromatic amines is 1. The van der Waals surface area contributed by atoms with Crippen molar-refractivity contribution < 1.29 is 4.74 Å². The summed E-state index contributed by atoms with van der Waals surface area (Å²) < 4.78 is 7.93.